The molecule has 12 heteroatoms. The van der Waals surface area contributed by atoms with Crippen molar-refractivity contribution < 1.29 is 31.7 Å². The van der Waals surface area contributed by atoms with Gasteiger partial charge in [-0.15, -0.1) is 17.2 Å². The largest absolute Gasteiger partial charge is 0.539 e. The molecule has 2 atom stereocenters. The van der Waals surface area contributed by atoms with E-state index >= 15 is 0 Å². The first kappa shape index (κ1) is 20.3. The lowest BCUT2D eigenvalue weighted by atomic mass is 10.1. The van der Waals surface area contributed by atoms with Crippen molar-refractivity contribution in [2.75, 3.05) is 12.0 Å². The van der Waals surface area contributed by atoms with Gasteiger partial charge in [-0.25, -0.2) is 4.79 Å². The molecular formula is C16H15BN2O7S2. The Kier molecular flexibility index (Phi) is 5.73. The Morgan fingerprint density at radius 2 is 2.04 bits per heavy atom. The molecule has 1 saturated heterocycles. The van der Waals surface area contributed by atoms with E-state index in [2.05, 4.69) is 16.7 Å². The van der Waals surface area contributed by atoms with Crippen molar-refractivity contribution >= 4 is 47.6 Å². The molecule has 1 fully saturated rings. The van der Waals surface area contributed by atoms with Gasteiger partial charge in [0, 0.05) is 5.56 Å². The van der Waals surface area contributed by atoms with Gasteiger partial charge in [0.05, 0.1) is 12.0 Å². The van der Waals surface area contributed by atoms with E-state index in [1.54, 1.807) is 12.1 Å². The number of β-lactam (4-membered cyclic amide) rings is 1. The number of thioether (sulfide) groups is 1. The highest BCUT2D eigenvalue weighted by molar-refractivity contribution is 8.00. The van der Waals surface area contributed by atoms with Crippen LogP contribution in [0.5, 0.6) is 0 Å². The number of rotatable bonds is 7. The first-order valence-corrected chi connectivity index (χ1v) is 10.7. The summed E-state index contributed by atoms with van der Waals surface area (Å²) in [5.74, 6) is -1.51. The van der Waals surface area contributed by atoms with Crippen LogP contribution in [0.3, 0.4) is 0 Å². The van der Waals surface area contributed by atoms with Gasteiger partial charge in [-0.1, -0.05) is 36.9 Å². The highest BCUT2D eigenvalue weighted by Crippen LogP contribution is 2.41. The van der Waals surface area contributed by atoms with Gasteiger partial charge in [-0.2, -0.15) is 8.42 Å². The fourth-order valence-corrected chi connectivity index (χ4v) is 4.50. The van der Waals surface area contributed by atoms with Crippen LogP contribution in [-0.2, 0) is 33.4 Å². The number of hydrogen-bond donors (Lipinski definition) is 1. The zero-order valence-electron chi connectivity index (χ0n) is 14.7. The van der Waals surface area contributed by atoms with Crippen LogP contribution in [0.25, 0.3) is 5.76 Å². The van der Waals surface area contributed by atoms with Gasteiger partial charge in [-0.05, 0) is 0 Å². The minimum Gasteiger partial charge on any atom is -0.539 e. The third-order valence-corrected chi connectivity index (χ3v) is 5.65. The molecule has 1 aromatic carbocycles. The average Bonchev–Trinajstić information content (AvgIpc) is 2.66. The molecule has 3 rings (SSSR count). The molecule has 2 heterocycles. The van der Waals surface area contributed by atoms with Crippen molar-refractivity contribution in [1.29, 1.82) is 0 Å². The van der Waals surface area contributed by atoms with E-state index in [1.807, 2.05) is 18.2 Å². The van der Waals surface area contributed by atoms with Gasteiger partial charge in [-0.3, -0.25) is 9.69 Å². The predicted octanol–water partition coefficient (Wildman–Crippen LogP) is 0.277. The molecule has 146 valence electrons. The molecule has 0 saturated carbocycles. The van der Waals surface area contributed by atoms with E-state index in [4.69, 9.17) is 17.1 Å². The SMILES string of the molecule is [B]OC(=O)C1=C(OS(C)(=O)=O)CS[C@@H]2[C@H](NOC(=C)c3ccccc3)C(=O)N12. The fraction of sp³-hybridized carbons (Fsp3) is 0.250. The maximum absolute atomic E-state index is 12.5. The average molecular weight is 422 g/mol. The minimum absolute atomic E-state index is 0.0176. The molecule has 9 nitrogen and oxygen atoms in total. The van der Waals surface area contributed by atoms with Crippen LogP contribution in [0.1, 0.15) is 5.56 Å². The topological polar surface area (TPSA) is 111 Å². The number of carbonyl (C=O) groups is 2. The normalized spacial score (nSPS) is 21.5. The van der Waals surface area contributed by atoms with Gasteiger partial charge in [0.25, 0.3) is 5.91 Å². The lowest BCUT2D eigenvalue weighted by molar-refractivity contribution is -0.152. The van der Waals surface area contributed by atoms with Crippen molar-refractivity contribution in [3.8, 4) is 0 Å². The summed E-state index contributed by atoms with van der Waals surface area (Å²) in [6, 6.07) is 8.27. The van der Waals surface area contributed by atoms with E-state index in [0.717, 1.165) is 16.7 Å². The Bertz CT molecular complexity index is 949. The number of amides is 1. The number of hydroxylamine groups is 1. The van der Waals surface area contributed by atoms with Crippen molar-refractivity contribution in [2.24, 2.45) is 0 Å². The van der Waals surface area contributed by atoms with E-state index in [0.29, 0.717) is 5.76 Å². The summed E-state index contributed by atoms with van der Waals surface area (Å²) in [4.78, 5) is 31.0. The molecule has 1 amide bonds. The molecule has 0 spiro atoms. The van der Waals surface area contributed by atoms with E-state index in [9.17, 15) is 18.0 Å². The minimum atomic E-state index is -3.91. The molecule has 2 radical (unpaired) electrons. The number of fused-ring (bicyclic) bond motifs is 1. The lowest BCUT2D eigenvalue weighted by Crippen LogP contribution is -2.69. The molecule has 0 bridgehead atoms. The Morgan fingerprint density at radius 3 is 2.64 bits per heavy atom. The first-order chi connectivity index (χ1) is 13.2. The molecule has 0 unspecified atom stereocenters. The molecular weight excluding hydrogens is 407 g/mol. The fourth-order valence-electron chi connectivity index (χ4n) is 2.68. The number of benzene rings is 1. The monoisotopic (exact) mass is 422 g/mol. The number of carbonyl (C=O) groups excluding carboxylic acids is 2. The van der Waals surface area contributed by atoms with Crippen LogP contribution in [0.2, 0.25) is 0 Å². The molecule has 1 N–H and O–H groups in total. The Morgan fingerprint density at radius 1 is 1.36 bits per heavy atom. The molecule has 2 aliphatic heterocycles. The van der Waals surface area contributed by atoms with E-state index in [-0.39, 0.29) is 17.2 Å². The maximum atomic E-state index is 12.5. The smallest absolute Gasteiger partial charge is 0.378 e. The highest BCUT2D eigenvalue weighted by atomic mass is 32.2. The summed E-state index contributed by atoms with van der Waals surface area (Å²) < 4.78 is 31.9. The maximum Gasteiger partial charge on any atom is 0.378 e. The quantitative estimate of drug-likeness (QED) is 0.218. The van der Waals surface area contributed by atoms with Crippen LogP contribution in [0.15, 0.2) is 48.4 Å². The van der Waals surface area contributed by atoms with Gasteiger partial charge in [0.1, 0.15) is 11.1 Å². The van der Waals surface area contributed by atoms with Crippen LogP contribution in [-0.4, -0.2) is 56.7 Å². The van der Waals surface area contributed by atoms with Crippen LogP contribution in [0.4, 0.5) is 0 Å². The van der Waals surface area contributed by atoms with E-state index < -0.39 is 33.4 Å². The summed E-state index contributed by atoms with van der Waals surface area (Å²) in [5, 5.41) is -0.544. The van der Waals surface area contributed by atoms with Gasteiger partial charge in [0.15, 0.2) is 17.5 Å². The standard InChI is InChI=1S/C16H15BN2O7S2/c1-9(10-6-4-3-5-7-10)25-18-12-14(20)19-13(16(21)24-17)11(8-27-15(12)19)26-28(2,22)23/h3-7,12,15,18H,1,8H2,2H3/t12-,15-/m1/s1. The summed E-state index contributed by atoms with van der Waals surface area (Å²) in [7, 11) is 1.01. The third-order valence-electron chi connectivity index (χ3n) is 3.89. The Balaban J connectivity index is 1.74. The summed E-state index contributed by atoms with van der Waals surface area (Å²) >= 11 is 1.19. The molecule has 28 heavy (non-hydrogen) atoms. The second kappa shape index (κ2) is 7.90. The van der Waals surface area contributed by atoms with Gasteiger partial charge in [0.2, 0.25) is 0 Å². The summed E-state index contributed by atoms with van der Waals surface area (Å²) in [6.07, 6.45) is 0.827. The molecule has 1 aromatic rings. The van der Waals surface area contributed by atoms with Crippen molar-refractivity contribution in [3.05, 3.63) is 53.9 Å². The van der Waals surface area contributed by atoms with E-state index in [1.165, 1.54) is 11.8 Å². The molecule has 2 aliphatic rings. The second-order valence-corrected chi connectivity index (χ2v) is 8.54. The number of nitrogens with zero attached hydrogens (tertiary/aromatic N) is 1. The van der Waals surface area contributed by atoms with Crippen molar-refractivity contribution in [1.82, 2.24) is 10.4 Å². The second-order valence-electron chi connectivity index (χ2n) is 5.86. The number of hydrogen-bond acceptors (Lipinski definition) is 9. The first-order valence-electron chi connectivity index (χ1n) is 7.88. The lowest BCUT2D eigenvalue weighted by Gasteiger charge is -2.48. The summed E-state index contributed by atoms with van der Waals surface area (Å²) in [5.41, 5.74) is 3.01. The molecule has 0 aliphatic carbocycles. The predicted molar refractivity (Wildman–Crippen MR) is 101 cm³/mol. The van der Waals surface area contributed by atoms with Gasteiger partial charge >= 0.3 is 24.1 Å². The Labute approximate surface area is 167 Å². The zero-order valence-corrected chi connectivity index (χ0v) is 16.3. The van der Waals surface area contributed by atoms with Crippen LogP contribution in [0, 0.1) is 0 Å². The summed E-state index contributed by atoms with van der Waals surface area (Å²) in [6.45, 7) is 3.79. The highest BCUT2D eigenvalue weighted by Gasteiger charge is 2.55. The van der Waals surface area contributed by atoms with Crippen LogP contribution < -0.4 is 5.48 Å². The van der Waals surface area contributed by atoms with Gasteiger partial charge < -0.3 is 13.7 Å². The zero-order chi connectivity index (χ0) is 20.5. The molecule has 0 aromatic heterocycles. The van der Waals surface area contributed by atoms with Crippen LogP contribution >= 0.6 is 11.8 Å². The van der Waals surface area contributed by atoms with Crippen molar-refractivity contribution in [3.63, 3.8) is 0 Å². The van der Waals surface area contributed by atoms with Crippen molar-refractivity contribution in [2.45, 2.75) is 11.4 Å². The Hall–Kier alpha value is -2.44. The number of nitrogens with one attached hydrogen (secondary N) is 1. The third kappa shape index (κ3) is 4.03.